The fraction of sp³-hybridized carbons (Fsp3) is 0.688. The second kappa shape index (κ2) is 10.1. The molecule has 1 aliphatic heterocycles. The van der Waals surface area contributed by atoms with E-state index in [0.717, 1.165) is 38.5 Å². The Bertz CT molecular complexity index is 372. The summed E-state index contributed by atoms with van der Waals surface area (Å²) in [6, 6.07) is 0. The minimum atomic E-state index is -0.208. The molecule has 0 aromatic rings. The first-order chi connectivity index (χ1) is 10.1. The molecule has 0 atom stereocenters. The standard InChI is InChI=1S/C16H25NO4/c1-14(18)21-13-9-7-5-3-2-4-6-8-12-17-15(19)10-11-16(17)20/h10-11H,2-9,12-13H2,1H3. The van der Waals surface area contributed by atoms with Gasteiger partial charge in [0.15, 0.2) is 0 Å². The number of carbonyl (C=O) groups excluding carboxylic acids is 3. The van der Waals surface area contributed by atoms with Gasteiger partial charge in [0, 0.05) is 25.6 Å². The number of ether oxygens (including phenoxy) is 1. The maximum absolute atomic E-state index is 11.3. The summed E-state index contributed by atoms with van der Waals surface area (Å²) < 4.78 is 4.86. The van der Waals surface area contributed by atoms with Crippen LogP contribution in [0.25, 0.3) is 0 Å². The lowest BCUT2D eigenvalue weighted by Gasteiger charge is -2.12. The molecule has 0 saturated carbocycles. The van der Waals surface area contributed by atoms with Crippen LogP contribution in [0.4, 0.5) is 0 Å². The Morgan fingerprint density at radius 3 is 1.90 bits per heavy atom. The van der Waals surface area contributed by atoms with Crippen LogP contribution in [-0.4, -0.2) is 35.8 Å². The monoisotopic (exact) mass is 295 g/mol. The zero-order valence-corrected chi connectivity index (χ0v) is 12.8. The van der Waals surface area contributed by atoms with E-state index in [2.05, 4.69) is 0 Å². The van der Waals surface area contributed by atoms with Crippen molar-refractivity contribution in [1.29, 1.82) is 0 Å². The van der Waals surface area contributed by atoms with Crippen LogP contribution in [0, 0.1) is 0 Å². The third-order valence-corrected chi connectivity index (χ3v) is 3.48. The summed E-state index contributed by atoms with van der Waals surface area (Å²) in [4.78, 5) is 34.5. The minimum absolute atomic E-state index is 0.187. The van der Waals surface area contributed by atoms with Crippen molar-refractivity contribution in [2.24, 2.45) is 0 Å². The van der Waals surface area contributed by atoms with Gasteiger partial charge in [-0.2, -0.15) is 0 Å². The SMILES string of the molecule is CC(=O)OCCCCCCCCCCN1C(=O)C=CC1=O. The van der Waals surface area contributed by atoms with Crippen molar-refractivity contribution in [1.82, 2.24) is 4.90 Å². The van der Waals surface area contributed by atoms with Crippen LogP contribution in [0.3, 0.4) is 0 Å². The van der Waals surface area contributed by atoms with Crippen molar-refractivity contribution in [2.75, 3.05) is 13.2 Å². The van der Waals surface area contributed by atoms with Gasteiger partial charge in [-0.3, -0.25) is 19.3 Å². The Kier molecular flexibility index (Phi) is 8.40. The van der Waals surface area contributed by atoms with Crippen molar-refractivity contribution in [2.45, 2.75) is 58.3 Å². The number of unbranched alkanes of at least 4 members (excludes halogenated alkanes) is 7. The van der Waals surface area contributed by atoms with E-state index in [1.54, 1.807) is 0 Å². The smallest absolute Gasteiger partial charge is 0.302 e. The number of nitrogens with zero attached hydrogens (tertiary/aromatic N) is 1. The molecule has 1 heterocycles. The van der Waals surface area contributed by atoms with E-state index in [1.807, 2.05) is 0 Å². The highest BCUT2D eigenvalue weighted by atomic mass is 16.5. The highest BCUT2D eigenvalue weighted by molar-refractivity contribution is 6.12. The van der Waals surface area contributed by atoms with E-state index in [4.69, 9.17) is 4.74 Å². The zero-order valence-electron chi connectivity index (χ0n) is 12.8. The second-order valence-electron chi connectivity index (χ2n) is 5.33. The predicted molar refractivity (Wildman–Crippen MR) is 79.4 cm³/mol. The molecule has 0 saturated heterocycles. The average molecular weight is 295 g/mol. The van der Waals surface area contributed by atoms with Gasteiger partial charge >= 0.3 is 5.97 Å². The van der Waals surface area contributed by atoms with E-state index < -0.39 is 0 Å². The van der Waals surface area contributed by atoms with Gasteiger partial charge in [0.25, 0.3) is 11.8 Å². The molecule has 1 rings (SSSR count). The molecule has 0 fully saturated rings. The summed E-state index contributed by atoms with van der Waals surface area (Å²) in [6.07, 6.45) is 11.3. The Balaban J connectivity index is 1.84. The van der Waals surface area contributed by atoms with Gasteiger partial charge in [0.1, 0.15) is 0 Å². The number of hydrogen-bond donors (Lipinski definition) is 0. The molecule has 5 nitrogen and oxygen atoms in total. The molecule has 0 bridgehead atoms. The van der Waals surface area contributed by atoms with E-state index in [9.17, 15) is 14.4 Å². The van der Waals surface area contributed by atoms with E-state index >= 15 is 0 Å². The van der Waals surface area contributed by atoms with Crippen LogP contribution >= 0.6 is 0 Å². The maximum atomic E-state index is 11.3. The lowest BCUT2D eigenvalue weighted by Crippen LogP contribution is -2.30. The summed E-state index contributed by atoms with van der Waals surface area (Å²) in [7, 11) is 0. The number of hydrogen-bond acceptors (Lipinski definition) is 4. The Labute approximate surface area is 126 Å². The molecule has 0 unspecified atom stereocenters. The Hall–Kier alpha value is -1.65. The molecule has 0 N–H and O–H groups in total. The summed E-state index contributed by atoms with van der Waals surface area (Å²) in [5, 5.41) is 0. The van der Waals surface area contributed by atoms with Gasteiger partial charge in [-0.25, -0.2) is 0 Å². The van der Waals surface area contributed by atoms with Crippen LogP contribution < -0.4 is 0 Å². The molecule has 21 heavy (non-hydrogen) atoms. The van der Waals surface area contributed by atoms with Crippen LogP contribution in [0.5, 0.6) is 0 Å². The molecule has 0 aliphatic carbocycles. The summed E-state index contributed by atoms with van der Waals surface area (Å²) in [5.74, 6) is -0.583. The molecule has 118 valence electrons. The zero-order chi connectivity index (χ0) is 15.5. The van der Waals surface area contributed by atoms with E-state index in [0.29, 0.717) is 13.2 Å². The minimum Gasteiger partial charge on any atom is -0.466 e. The van der Waals surface area contributed by atoms with Crippen molar-refractivity contribution in [3.63, 3.8) is 0 Å². The topological polar surface area (TPSA) is 63.7 Å². The number of carbonyl (C=O) groups is 3. The molecule has 5 heteroatoms. The van der Waals surface area contributed by atoms with Gasteiger partial charge in [0.2, 0.25) is 0 Å². The van der Waals surface area contributed by atoms with Crippen LogP contribution in [0.15, 0.2) is 12.2 Å². The number of amides is 2. The average Bonchev–Trinajstić information content (AvgIpc) is 2.75. The Morgan fingerprint density at radius 2 is 1.38 bits per heavy atom. The number of esters is 1. The largest absolute Gasteiger partial charge is 0.466 e. The molecule has 0 aromatic heterocycles. The quantitative estimate of drug-likeness (QED) is 0.334. The van der Waals surface area contributed by atoms with Gasteiger partial charge in [-0.1, -0.05) is 38.5 Å². The van der Waals surface area contributed by atoms with Crippen molar-refractivity contribution < 1.29 is 19.1 Å². The fourth-order valence-electron chi connectivity index (χ4n) is 2.30. The fourth-order valence-corrected chi connectivity index (χ4v) is 2.30. The third kappa shape index (κ3) is 7.63. The Morgan fingerprint density at radius 1 is 0.905 bits per heavy atom. The van der Waals surface area contributed by atoms with Crippen LogP contribution in [-0.2, 0) is 19.1 Å². The molecule has 0 radical (unpaired) electrons. The normalized spacial score (nSPS) is 14.0. The third-order valence-electron chi connectivity index (χ3n) is 3.48. The molecular weight excluding hydrogens is 270 g/mol. The van der Waals surface area contributed by atoms with Crippen molar-refractivity contribution in [3.8, 4) is 0 Å². The first kappa shape index (κ1) is 17.4. The van der Waals surface area contributed by atoms with Gasteiger partial charge in [0.05, 0.1) is 6.61 Å². The first-order valence-electron chi connectivity index (χ1n) is 7.78. The predicted octanol–water partition coefficient (Wildman–Crippen LogP) is 2.60. The second-order valence-corrected chi connectivity index (χ2v) is 5.33. The van der Waals surface area contributed by atoms with Crippen LogP contribution in [0.1, 0.15) is 58.3 Å². The maximum Gasteiger partial charge on any atom is 0.302 e. The van der Waals surface area contributed by atoms with Crippen molar-refractivity contribution in [3.05, 3.63) is 12.2 Å². The molecular formula is C16H25NO4. The molecule has 1 aliphatic rings. The van der Waals surface area contributed by atoms with Crippen molar-refractivity contribution >= 4 is 17.8 Å². The van der Waals surface area contributed by atoms with Gasteiger partial charge in [-0.15, -0.1) is 0 Å². The lowest BCUT2D eigenvalue weighted by molar-refractivity contribution is -0.141. The number of imide groups is 1. The van der Waals surface area contributed by atoms with E-state index in [1.165, 1.54) is 36.8 Å². The highest BCUT2D eigenvalue weighted by Gasteiger charge is 2.21. The summed E-state index contributed by atoms with van der Waals surface area (Å²) >= 11 is 0. The summed E-state index contributed by atoms with van der Waals surface area (Å²) in [6.45, 7) is 2.49. The molecule has 2 amide bonds. The molecule has 0 aromatic carbocycles. The summed E-state index contributed by atoms with van der Waals surface area (Å²) in [5.41, 5.74) is 0. The van der Waals surface area contributed by atoms with E-state index in [-0.39, 0.29) is 17.8 Å². The highest BCUT2D eigenvalue weighted by Crippen LogP contribution is 2.11. The van der Waals surface area contributed by atoms with Gasteiger partial charge < -0.3 is 4.74 Å². The van der Waals surface area contributed by atoms with Gasteiger partial charge in [-0.05, 0) is 12.8 Å². The first-order valence-corrected chi connectivity index (χ1v) is 7.78. The number of rotatable bonds is 11. The van der Waals surface area contributed by atoms with Crippen LogP contribution in [0.2, 0.25) is 0 Å². The lowest BCUT2D eigenvalue weighted by atomic mass is 10.1. The molecule has 0 spiro atoms.